The molecule has 1 amide bonds. The molecule has 0 fully saturated rings. The quantitative estimate of drug-likeness (QED) is 0.395. The fourth-order valence-corrected chi connectivity index (χ4v) is 4.88. The number of carbonyl (C=O) groups is 1. The van der Waals surface area contributed by atoms with E-state index in [9.17, 15) is 4.79 Å². The molecule has 1 aliphatic rings. The third-order valence-electron chi connectivity index (χ3n) is 6.58. The average Bonchev–Trinajstić information content (AvgIpc) is 3.25. The summed E-state index contributed by atoms with van der Waals surface area (Å²) in [5, 5.41) is 3.65. The van der Waals surface area contributed by atoms with E-state index < -0.39 is 0 Å². The molecule has 0 saturated heterocycles. The Hall–Kier alpha value is -3.35. The van der Waals surface area contributed by atoms with Crippen LogP contribution in [0, 0.1) is 0 Å². The van der Waals surface area contributed by atoms with E-state index in [2.05, 4.69) is 45.5 Å². The molecule has 0 spiro atoms. The maximum absolute atomic E-state index is 13.1. The van der Waals surface area contributed by atoms with Crippen molar-refractivity contribution in [1.29, 1.82) is 0 Å². The molecular formula is C28H29ClN4O2. The molecule has 1 aliphatic heterocycles. The van der Waals surface area contributed by atoms with Crippen molar-refractivity contribution in [3.63, 3.8) is 0 Å². The molecule has 4 aromatic rings. The standard InChI is InChI=1S/C28H29ClN4O2/c1-3-25-27(33-18-23(29)8-11-26(33)31-25)28(34)30-15-20-4-7-22-17-32(13-12-21(22)14-20)16-19-5-9-24(35-2)10-6-19/h4-11,14,18H,3,12-13,15-17H2,1-2H3,(H,30,34). The maximum Gasteiger partial charge on any atom is 0.270 e. The van der Waals surface area contributed by atoms with Crippen LogP contribution in [0.15, 0.2) is 60.8 Å². The van der Waals surface area contributed by atoms with Crippen molar-refractivity contribution in [2.75, 3.05) is 13.7 Å². The van der Waals surface area contributed by atoms with Gasteiger partial charge < -0.3 is 10.1 Å². The van der Waals surface area contributed by atoms with Crippen LogP contribution in [0.2, 0.25) is 5.02 Å². The van der Waals surface area contributed by atoms with Crippen molar-refractivity contribution in [3.05, 3.63) is 99.5 Å². The SMILES string of the molecule is CCc1nc2ccc(Cl)cn2c1C(=O)NCc1ccc2c(c1)CCN(Cc1ccc(OC)cc1)C2. The monoisotopic (exact) mass is 488 g/mol. The van der Waals surface area contributed by atoms with E-state index in [1.165, 1.54) is 16.7 Å². The molecule has 3 heterocycles. The Kier molecular flexibility index (Phi) is 6.75. The van der Waals surface area contributed by atoms with Crippen molar-refractivity contribution in [2.24, 2.45) is 0 Å². The van der Waals surface area contributed by atoms with Crippen molar-refractivity contribution in [1.82, 2.24) is 19.6 Å². The average molecular weight is 489 g/mol. The van der Waals surface area contributed by atoms with Crippen molar-refractivity contribution in [2.45, 2.75) is 39.4 Å². The summed E-state index contributed by atoms with van der Waals surface area (Å²) in [4.78, 5) is 20.2. The second-order valence-corrected chi connectivity index (χ2v) is 9.37. The number of benzene rings is 2. The first kappa shape index (κ1) is 23.4. The van der Waals surface area contributed by atoms with Gasteiger partial charge in [0.2, 0.25) is 0 Å². The summed E-state index contributed by atoms with van der Waals surface area (Å²) >= 11 is 6.17. The first-order chi connectivity index (χ1) is 17.0. The number of amides is 1. The molecule has 0 saturated carbocycles. The van der Waals surface area contributed by atoms with Gasteiger partial charge in [0.05, 0.1) is 17.8 Å². The lowest BCUT2D eigenvalue weighted by molar-refractivity contribution is 0.0944. The van der Waals surface area contributed by atoms with Crippen LogP contribution < -0.4 is 10.1 Å². The minimum Gasteiger partial charge on any atom is -0.497 e. The van der Waals surface area contributed by atoms with Gasteiger partial charge in [0.25, 0.3) is 5.91 Å². The molecule has 35 heavy (non-hydrogen) atoms. The van der Waals surface area contributed by atoms with Gasteiger partial charge >= 0.3 is 0 Å². The second-order valence-electron chi connectivity index (χ2n) is 8.93. The predicted octanol–water partition coefficient (Wildman–Crippen LogP) is 5.05. The molecule has 0 radical (unpaired) electrons. The van der Waals surface area contributed by atoms with Gasteiger partial charge in [0.15, 0.2) is 0 Å². The summed E-state index contributed by atoms with van der Waals surface area (Å²) < 4.78 is 7.04. The molecule has 2 aromatic heterocycles. The lowest BCUT2D eigenvalue weighted by Gasteiger charge is -2.29. The molecule has 0 aliphatic carbocycles. The van der Waals surface area contributed by atoms with Crippen molar-refractivity contribution in [3.8, 4) is 5.75 Å². The molecule has 6 nitrogen and oxygen atoms in total. The first-order valence-electron chi connectivity index (χ1n) is 11.9. The summed E-state index contributed by atoms with van der Waals surface area (Å²) in [5.41, 5.74) is 7.15. The van der Waals surface area contributed by atoms with Crippen molar-refractivity contribution >= 4 is 23.2 Å². The normalized spacial score (nSPS) is 13.6. The smallest absolute Gasteiger partial charge is 0.270 e. The number of nitrogens with zero attached hydrogens (tertiary/aromatic N) is 3. The number of nitrogens with one attached hydrogen (secondary N) is 1. The van der Waals surface area contributed by atoms with E-state index >= 15 is 0 Å². The first-order valence-corrected chi connectivity index (χ1v) is 12.3. The van der Waals surface area contributed by atoms with Crippen LogP contribution in [-0.4, -0.2) is 33.8 Å². The molecule has 0 atom stereocenters. The van der Waals surface area contributed by atoms with Crippen LogP contribution in [0.1, 0.15) is 45.4 Å². The maximum atomic E-state index is 13.1. The van der Waals surface area contributed by atoms with Crippen LogP contribution >= 0.6 is 11.6 Å². The Morgan fingerprint density at radius 2 is 1.89 bits per heavy atom. The third kappa shape index (κ3) is 5.04. The number of imidazole rings is 1. The minimum absolute atomic E-state index is 0.139. The molecule has 2 aromatic carbocycles. The molecular weight excluding hydrogens is 460 g/mol. The predicted molar refractivity (Wildman–Crippen MR) is 138 cm³/mol. The van der Waals surface area contributed by atoms with Crippen LogP contribution in [0.3, 0.4) is 0 Å². The zero-order valence-corrected chi connectivity index (χ0v) is 20.8. The zero-order chi connectivity index (χ0) is 24.4. The van der Waals surface area contributed by atoms with Crippen LogP contribution in [-0.2, 0) is 32.5 Å². The van der Waals surface area contributed by atoms with E-state index in [1.54, 1.807) is 23.8 Å². The van der Waals surface area contributed by atoms with Gasteiger partial charge in [-0.3, -0.25) is 14.1 Å². The Labute approximate surface area is 210 Å². The minimum atomic E-state index is -0.139. The van der Waals surface area contributed by atoms with Crippen LogP contribution in [0.25, 0.3) is 5.65 Å². The Bertz CT molecular complexity index is 1360. The Morgan fingerprint density at radius 1 is 1.09 bits per heavy atom. The van der Waals surface area contributed by atoms with Crippen LogP contribution in [0.5, 0.6) is 5.75 Å². The summed E-state index contributed by atoms with van der Waals surface area (Å²) in [7, 11) is 1.69. The number of aromatic nitrogens is 2. The van der Waals surface area contributed by atoms with Gasteiger partial charge in [-0.25, -0.2) is 4.98 Å². The van der Waals surface area contributed by atoms with Gasteiger partial charge in [-0.05, 0) is 59.4 Å². The zero-order valence-electron chi connectivity index (χ0n) is 20.1. The van der Waals surface area contributed by atoms with E-state index in [-0.39, 0.29) is 5.91 Å². The number of fused-ring (bicyclic) bond motifs is 2. The number of hydrogen-bond donors (Lipinski definition) is 1. The van der Waals surface area contributed by atoms with E-state index in [1.807, 2.05) is 25.1 Å². The lowest BCUT2D eigenvalue weighted by Crippen LogP contribution is -2.30. The molecule has 7 heteroatoms. The summed E-state index contributed by atoms with van der Waals surface area (Å²) in [6.45, 7) is 5.33. The summed E-state index contributed by atoms with van der Waals surface area (Å²) in [5.74, 6) is 0.744. The number of hydrogen-bond acceptors (Lipinski definition) is 4. The number of carbonyl (C=O) groups excluding carboxylic acids is 1. The summed E-state index contributed by atoms with van der Waals surface area (Å²) in [6, 6.07) is 18.4. The van der Waals surface area contributed by atoms with E-state index in [0.717, 1.165) is 48.7 Å². The third-order valence-corrected chi connectivity index (χ3v) is 6.81. The Morgan fingerprint density at radius 3 is 2.66 bits per heavy atom. The molecule has 1 N–H and O–H groups in total. The second kappa shape index (κ2) is 10.1. The lowest BCUT2D eigenvalue weighted by atomic mass is 9.97. The van der Waals surface area contributed by atoms with Crippen LogP contribution in [0.4, 0.5) is 0 Å². The summed E-state index contributed by atoms with van der Waals surface area (Å²) in [6.07, 6.45) is 3.42. The Balaban J connectivity index is 1.24. The highest BCUT2D eigenvalue weighted by Gasteiger charge is 2.20. The molecule has 0 bridgehead atoms. The number of methoxy groups -OCH3 is 1. The molecule has 0 unspecified atom stereocenters. The highest BCUT2D eigenvalue weighted by Crippen LogP contribution is 2.23. The highest BCUT2D eigenvalue weighted by atomic mass is 35.5. The van der Waals surface area contributed by atoms with Gasteiger partial charge in [0, 0.05) is 32.4 Å². The van der Waals surface area contributed by atoms with E-state index in [0.29, 0.717) is 23.7 Å². The number of rotatable bonds is 7. The van der Waals surface area contributed by atoms with Gasteiger partial charge in [-0.2, -0.15) is 0 Å². The van der Waals surface area contributed by atoms with E-state index in [4.69, 9.17) is 16.3 Å². The van der Waals surface area contributed by atoms with Crippen molar-refractivity contribution < 1.29 is 9.53 Å². The number of ether oxygens (including phenoxy) is 1. The topological polar surface area (TPSA) is 58.9 Å². The van der Waals surface area contributed by atoms with Gasteiger partial charge in [0.1, 0.15) is 17.1 Å². The largest absolute Gasteiger partial charge is 0.497 e. The number of aryl methyl sites for hydroxylation is 1. The van der Waals surface area contributed by atoms with Gasteiger partial charge in [-0.1, -0.05) is 48.9 Å². The number of pyridine rings is 1. The fraction of sp³-hybridized carbons (Fsp3) is 0.286. The highest BCUT2D eigenvalue weighted by molar-refractivity contribution is 6.30. The number of halogens is 1. The van der Waals surface area contributed by atoms with Gasteiger partial charge in [-0.15, -0.1) is 0 Å². The fourth-order valence-electron chi connectivity index (χ4n) is 4.72. The molecule has 180 valence electrons. The molecule has 5 rings (SSSR count).